The van der Waals surface area contributed by atoms with Gasteiger partial charge in [0.05, 0.1) is 0 Å². The number of alkyl halides is 2. The van der Waals surface area contributed by atoms with Crippen molar-refractivity contribution in [1.82, 2.24) is 15.0 Å². The Hall–Kier alpha value is -1.96. The molecule has 0 spiro atoms. The van der Waals surface area contributed by atoms with Crippen LogP contribution >= 0.6 is 0 Å². The van der Waals surface area contributed by atoms with Gasteiger partial charge in [0, 0.05) is 12.0 Å². The van der Waals surface area contributed by atoms with Crippen LogP contribution in [0.15, 0.2) is 18.2 Å². The molecule has 4 aliphatic carbocycles. The third-order valence-electron chi connectivity index (χ3n) is 10.5. The van der Waals surface area contributed by atoms with Crippen LogP contribution < -0.4 is 0 Å². The molecule has 8 heteroatoms. The molecule has 1 aromatic carbocycles. The number of fused-ring (bicyclic) bond motifs is 6. The van der Waals surface area contributed by atoms with E-state index in [2.05, 4.69) is 17.1 Å². The van der Waals surface area contributed by atoms with Crippen molar-refractivity contribution in [2.45, 2.75) is 83.3 Å². The smallest absolute Gasteiger partial charge is 0.266 e. The predicted octanol–water partition coefficient (Wildman–Crippen LogP) is 5.40. The summed E-state index contributed by atoms with van der Waals surface area (Å²) in [5.74, 6) is 1.91. The Labute approximate surface area is 203 Å². The van der Waals surface area contributed by atoms with E-state index in [-0.39, 0.29) is 48.2 Å². The van der Waals surface area contributed by atoms with E-state index in [4.69, 9.17) is 0 Å². The average Bonchev–Trinajstić information content (AvgIpc) is 3.38. The highest BCUT2D eigenvalue weighted by Crippen LogP contribution is 2.65. The second kappa shape index (κ2) is 8.29. The van der Waals surface area contributed by atoms with E-state index in [1.54, 1.807) is 6.07 Å². The van der Waals surface area contributed by atoms with E-state index in [1.807, 2.05) is 0 Å². The number of benzene rings is 1. The highest BCUT2D eigenvalue weighted by atomic mass is 19.3. The van der Waals surface area contributed by atoms with E-state index in [0.29, 0.717) is 41.1 Å². The second-order valence-electron chi connectivity index (χ2n) is 12.1. The second-order valence-corrected chi connectivity index (χ2v) is 12.1. The summed E-state index contributed by atoms with van der Waals surface area (Å²) in [5.41, 5.74) is -0.823. The molecule has 0 radical (unpaired) electrons. The maximum Gasteiger partial charge on any atom is 0.266 e. The normalized spacial score (nSPS) is 41.0. The van der Waals surface area contributed by atoms with Crippen molar-refractivity contribution in [3.8, 4) is 0 Å². The summed E-state index contributed by atoms with van der Waals surface area (Å²) in [4.78, 5) is 14.9. The number of aromatic nitrogens is 3. The van der Waals surface area contributed by atoms with Gasteiger partial charge in [-0.15, -0.1) is 0 Å². The first kappa shape index (κ1) is 23.4. The lowest BCUT2D eigenvalue weighted by molar-refractivity contribution is -0.160. The monoisotopic (exact) mass is 489 g/mol. The van der Waals surface area contributed by atoms with Crippen LogP contribution in [0, 0.1) is 46.7 Å². The van der Waals surface area contributed by atoms with Crippen LogP contribution in [-0.2, 0) is 11.3 Å². The highest BCUT2D eigenvalue weighted by molar-refractivity contribution is 5.82. The zero-order chi connectivity index (χ0) is 24.5. The molecule has 8 atom stereocenters. The molecule has 35 heavy (non-hydrogen) atoms. The van der Waals surface area contributed by atoms with Gasteiger partial charge in [-0.2, -0.15) is 15.0 Å². The van der Waals surface area contributed by atoms with E-state index < -0.39 is 12.0 Å². The first-order chi connectivity index (χ1) is 16.7. The van der Waals surface area contributed by atoms with Crippen molar-refractivity contribution in [2.24, 2.45) is 40.9 Å². The molecule has 6 rings (SSSR count). The van der Waals surface area contributed by atoms with E-state index in [1.165, 1.54) is 16.9 Å². The zero-order valence-corrected chi connectivity index (χ0v) is 20.2. The van der Waals surface area contributed by atoms with Gasteiger partial charge >= 0.3 is 0 Å². The van der Waals surface area contributed by atoms with Crippen molar-refractivity contribution < 1.29 is 23.1 Å². The molecule has 1 N–H and O–H groups in total. The van der Waals surface area contributed by atoms with Gasteiger partial charge in [-0.3, -0.25) is 4.79 Å². The summed E-state index contributed by atoms with van der Waals surface area (Å²) in [6, 6.07) is 4.26. The van der Waals surface area contributed by atoms with E-state index in [0.717, 1.165) is 38.5 Å². The quantitative estimate of drug-likeness (QED) is 0.624. The number of hydrogen-bond donors (Lipinski definition) is 1. The number of halogens is 3. The van der Waals surface area contributed by atoms with Crippen LogP contribution in [0.3, 0.4) is 0 Å². The number of aliphatic hydroxyl groups is 1. The van der Waals surface area contributed by atoms with Gasteiger partial charge in [-0.05, 0) is 105 Å². The number of ketones is 1. The lowest BCUT2D eigenvalue weighted by atomic mass is 9.49. The Morgan fingerprint density at radius 2 is 1.83 bits per heavy atom. The SMILES string of the molecule is CC12CCC3C4CCC(O)(C(F)F)CC4CCC3C1CCC2C(=O)Cn1nc2ccc(F)cc2n1. The Bertz CT molecular complexity index is 1140. The van der Waals surface area contributed by atoms with Crippen LogP contribution in [0.1, 0.15) is 64.7 Å². The van der Waals surface area contributed by atoms with Crippen LogP contribution in [0.2, 0.25) is 0 Å². The van der Waals surface area contributed by atoms with Crippen LogP contribution in [-0.4, -0.2) is 37.9 Å². The zero-order valence-electron chi connectivity index (χ0n) is 20.2. The number of rotatable bonds is 4. The average molecular weight is 490 g/mol. The highest BCUT2D eigenvalue weighted by Gasteiger charge is 2.59. The third kappa shape index (κ3) is 3.73. The summed E-state index contributed by atoms with van der Waals surface area (Å²) >= 11 is 0. The fourth-order valence-electron chi connectivity index (χ4n) is 8.89. The molecule has 0 amide bonds. The molecular formula is C27H34F3N3O2. The molecular weight excluding hydrogens is 455 g/mol. The van der Waals surface area contributed by atoms with Crippen molar-refractivity contribution in [1.29, 1.82) is 0 Å². The molecule has 1 aromatic heterocycles. The maximum atomic E-state index is 13.5. The molecule has 5 nitrogen and oxygen atoms in total. The lowest BCUT2D eigenvalue weighted by Crippen LogP contribution is -2.53. The van der Waals surface area contributed by atoms with Gasteiger partial charge in [0.2, 0.25) is 0 Å². The number of nitrogens with zero attached hydrogens (tertiary/aromatic N) is 3. The first-order valence-electron chi connectivity index (χ1n) is 13.2. The summed E-state index contributed by atoms with van der Waals surface area (Å²) in [6.07, 6.45) is 4.32. The fraction of sp³-hybridized carbons (Fsp3) is 0.741. The fourth-order valence-corrected chi connectivity index (χ4v) is 8.89. The lowest BCUT2D eigenvalue weighted by Gasteiger charge is -2.57. The third-order valence-corrected chi connectivity index (χ3v) is 10.5. The summed E-state index contributed by atoms with van der Waals surface area (Å²) in [7, 11) is 0. The van der Waals surface area contributed by atoms with Crippen molar-refractivity contribution in [3.63, 3.8) is 0 Å². The molecule has 1 heterocycles. The van der Waals surface area contributed by atoms with Gasteiger partial charge in [0.25, 0.3) is 6.43 Å². The van der Waals surface area contributed by atoms with Crippen LogP contribution in [0.5, 0.6) is 0 Å². The molecule has 0 saturated heterocycles. The van der Waals surface area contributed by atoms with Gasteiger partial charge in [0.1, 0.15) is 29.0 Å². The van der Waals surface area contributed by atoms with Crippen LogP contribution in [0.4, 0.5) is 13.2 Å². The minimum atomic E-state index is -2.67. The Kier molecular flexibility index (Phi) is 5.55. The molecule has 2 aromatic rings. The number of Topliss-reactive ketones (excluding diaryl/α,β-unsaturated/α-hetero) is 1. The van der Waals surface area contributed by atoms with Gasteiger partial charge in [-0.1, -0.05) is 6.92 Å². The van der Waals surface area contributed by atoms with Gasteiger partial charge in [-0.25, -0.2) is 13.2 Å². The standard InChI is InChI=1S/C27H34F3N3O2/c1-26-10-8-18-17-9-11-27(35,25(29)30)13-15(17)2-4-19(18)20(26)5-6-21(26)24(34)14-33-31-22-7-3-16(28)12-23(22)32-33/h3,7,12,15,17-21,25,35H,2,4-6,8-11,13-14H2,1H3. The summed E-state index contributed by atoms with van der Waals surface area (Å²) in [5, 5.41) is 19.1. The van der Waals surface area contributed by atoms with Crippen LogP contribution in [0.25, 0.3) is 11.0 Å². The maximum absolute atomic E-state index is 13.5. The minimum absolute atomic E-state index is 0.0349. The van der Waals surface area contributed by atoms with Gasteiger partial charge < -0.3 is 5.11 Å². The molecule has 8 unspecified atom stereocenters. The Morgan fingerprint density at radius 3 is 2.63 bits per heavy atom. The van der Waals surface area contributed by atoms with Gasteiger partial charge in [0.15, 0.2) is 5.78 Å². The number of hydrogen-bond acceptors (Lipinski definition) is 4. The van der Waals surface area contributed by atoms with E-state index >= 15 is 0 Å². The molecule has 4 aliphatic rings. The molecule has 4 fully saturated rings. The minimum Gasteiger partial charge on any atom is -0.384 e. The van der Waals surface area contributed by atoms with Crippen molar-refractivity contribution in [3.05, 3.63) is 24.0 Å². The molecule has 4 saturated carbocycles. The number of carbonyl (C=O) groups excluding carboxylic acids is 1. The van der Waals surface area contributed by atoms with Crippen molar-refractivity contribution in [2.75, 3.05) is 0 Å². The summed E-state index contributed by atoms with van der Waals surface area (Å²) < 4.78 is 40.4. The first-order valence-corrected chi connectivity index (χ1v) is 13.2. The Balaban J connectivity index is 1.16. The topological polar surface area (TPSA) is 68.0 Å². The largest absolute Gasteiger partial charge is 0.384 e. The number of carbonyl (C=O) groups is 1. The molecule has 190 valence electrons. The molecule has 0 bridgehead atoms. The molecule has 0 aliphatic heterocycles. The van der Waals surface area contributed by atoms with Crippen molar-refractivity contribution >= 4 is 16.8 Å². The summed E-state index contributed by atoms with van der Waals surface area (Å²) in [6.45, 7) is 2.39. The predicted molar refractivity (Wildman–Crippen MR) is 124 cm³/mol. The Morgan fingerprint density at radius 1 is 1.06 bits per heavy atom. The van der Waals surface area contributed by atoms with E-state index in [9.17, 15) is 23.1 Å².